The van der Waals surface area contributed by atoms with Crippen molar-refractivity contribution < 1.29 is 4.79 Å². The third-order valence-corrected chi connectivity index (χ3v) is 3.07. The molecule has 0 spiro atoms. The van der Waals surface area contributed by atoms with E-state index in [9.17, 15) is 4.79 Å². The number of carbonyl (C=O) groups is 1. The van der Waals surface area contributed by atoms with Gasteiger partial charge in [-0.2, -0.15) is 0 Å². The van der Waals surface area contributed by atoms with Crippen molar-refractivity contribution >= 4 is 5.91 Å². The Morgan fingerprint density at radius 2 is 2.28 bits per heavy atom. The van der Waals surface area contributed by atoms with Gasteiger partial charge in [0, 0.05) is 44.4 Å². The van der Waals surface area contributed by atoms with E-state index in [4.69, 9.17) is 0 Å². The second-order valence-electron chi connectivity index (χ2n) is 4.34. The van der Waals surface area contributed by atoms with Crippen LogP contribution in [-0.2, 0) is 13.6 Å². The van der Waals surface area contributed by atoms with Crippen LogP contribution in [0.3, 0.4) is 0 Å². The van der Waals surface area contributed by atoms with E-state index in [0.29, 0.717) is 6.54 Å². The third kappa shape index (κ3) is 2.80. The van der Waals surface area contributed by atoms with Gasteiger partial charge in [-0.3, -0.25) is 4.79 Å². The Kier molecular flexibility index (Phi) is 3.82. The maximum Gasteiger partial charge on any atom is 0.253 e. The van der Waals surface area contributed by atoms with Crippen molar-refractivity contribution in [1.82, 2.24) is 19.4 Å². The Labute approximate surface area is 106 Å². The van der Waals surface area contributed by atoms with Crippen LogP contribution in [-0.4, -0.2) is 26.6 Å². The van der Waals surface area contributed by atoms with Gasteiger partial charge in [0.1, 0.15) is 0 Å². The van der Waals surface area contributed by atoms with Crippen molar-refractivity contribution in [3.63, 3.8) is 0 Å². The predicted molar refractivity (Wildman–Crippen MR) is 69.3 cm³/mol. The summed E-state index contributed by atoms with van der Waals surface area (Å²) in [6, 6.07) is 1.85. The molecule has 0 unspecified atom stereocenters. The average molecular weight is 246 g/mol. The summed E-state index contributed by atoms with van der Waals surface area (Å²) in [5.41, 5.74) is 1.74. The van der Waals surface area contributed by atoms with Gasteiger partial charge in [0.05, 0.1) is 11.9 Å². The molecule has 1 amide bonds. The molecule has 0 aliphatic heterocycles. The molecule has 0 aliphatic carbocycles. The lowest BCUT2D eigenvalue weighted by atomic mass is 10.2. The highest BCUT2D eigenvalue weighted by atomic mass is 16.1. The van der Waals surface area contributed by atoms with Gasteiger partial charge < -0.3 is 14.5 Å². The molecule has 0 aromatic carbocycles. The van der Waals surface area contributed by atoms with Crippen molar-refractivity contribution in [2.24, 2.45) is 7.05 Å². The standard InChI is InChI=1S/C13H18N4O/c1-11-12(4-8-16(11)2)13(18)15-5-3-7-17-9-6-14-10-17/h4,6,8-10H,3,5,7H2,1-2H3,(H,15,18). The van der Waals surface area contributed by atoms with E-state index in [0.717, 1.165) is 24.2 Å². The summed E-state index contributed by atoms with van der Waals surface area (Å²) in [4.78, 5) is 15.9. The quantitative estimate of drug-likeness (QED) is 0.810. The minimum absolute atomic E-state index is 0.00117. The van der Waals surface area contributed by atoms with Crippen LogP contribution in [0.5, 0.6) is 0 Å². The molecule has 0 atom stereocenters. The largest absolute Gasteiger partial charge is 0.354 e. The number of rotatable bonds is 5. The number of imidazole rings is 1. The van der Waals surface area contributed by atoms with Crippen LogP contribution in [0.4, 0.5) is 0 Å². The van der Waals surface area contributed by atoms with Gasteiger partial charge in [0.25, 0.3) is 5.91 Å². The number of nitrogens with one attached hydrogen (secondary N) is 1. The van der Waals surface area contributed by atoms with Gasteiger partial charge in [-0.15, -0.1) is 0 Å². The fourth-order valence-electron chi connectivity index (χ4n) is 1.83. The van der Waals surface area contributed by atoms with Gasteiger partial charge in [-0.1, -0.05) is 0 Å². The van der Waals surface area contributed by atoms with Crippen LogP contribution < -0.4 is 5.32 Å². The Morgan fingerprint density at radius 1 is 1.44 bits per heavy atom. The Morgan fingerprint density at radius 3 is 2.89 bits per heavy atom. The number of aromatic nitrogens is 3. The van der Waals surface area contributed by atoms with Gasteiger partial charge >= 0.3 is 0 Å². The number of hydrogen-bond donors (Lipinski definition) is 1. The van der Waals surface area contributed by atoms with E-state index < -0.39 is 0 Å². The second-order valence-corrected chi connectivity index (χ2v) is 4.34. The summed E-state index contributed by atoms with van der Waals surface area (Å²) in [6.45, 7) is 3.49. The van der Waals surface area contributed by atoms with E-state index in [1.165, 1.54) is 0 Å². The highest BCUT2D eigenvalue weighted by molar-refractivity contribution is 5.95. The van der Waals surface area contributed by atoms with Crippen LogP contribution >= 0.6 is 0 Å². The molecule has 0 saturated heterocycles. The van der Waals surface area contributed by atoms with Gasteiger partial charge in [0.2, 0.25) is 0 Å². The van der Waals surface area contributed by atoms with Crippen LogP contribution in [0, 0.1) is 6.92 Å². The SMILES string of the molecule is Cc1c(C(=O)NCCCn2ccnc2)ccn1C. The summed E-state index contributed by atoms with van der Waals surface area (Å²) in [7, 11) is 1.94. The lowest BCUT2D eigenvalue weighted by Crippen LogP contribution is -2.25. The fourth-order valence-corrected chi connectivity index (χ4v) is 1.83. The van der Waals surface area contributed by atoms with Gasteiger partial charge in [-0.05, 0) is 19.4 Å². The van der Waals surface area contributed by atoms with Crippen molar-refractivity contribution in [3.05, 3.63) is 42.2 Å². The topological polar surface area (TPSA) is 51.9 Å². The first-order valence-corrected chi connectivity index (χ1v) is 6.04. The van der Waals surface area contributed by atoms with E-state index in [1.54, 1.807) is 12.5 Å². The number of nitrogens with zero attached hydrogens (tertiary/aromatic N) is 3. The molecule has 0 radical (unpaired) electrons. The zero-order valence-electron chi connectivity index (χ0n) is 10.8. The molecule has 5 nitrogen and oxygen atoms in total. The normalized spacial score (nSPS) is 10.6. The first-order valence-electron chi connectivity index (χ1n) is 6.04. The van der Waals surface area contributed by atoms with Gasteiger partial charge in [-0.25, -0.2) is 4.98 Å². The molecule has 1 N–H and O–H groups in total. The number of amides is 1. The highest BCUT2D eigenvalue weighted by Crippen LogP contribution is 2.07. The molecule has 0 fully saturated rings. The molecule has 0 saturated carbocycles. The second kappa shape index (κ2) is 5.53. The smallest absolute Gasteiger partial charge is 0.253 e. The van der Waals surface area contributed by atoms with Crippen molar-refractivity contribution in [3.8, 4) is 0 Å². The van der Waals surface area contributed by atoms with Gasteiger partial charge in [0.15, 0.2) is 0 Å². The summed E-state index contributed by atoms with van der Waals surface area (Å²) in [6.07, 6.45) is 8.25. The molecule has 0 bridgehead atoms. The van der Waals surface area contributed by atoms with Crippen LogP contribution in [0.1, 0.15) is 22.5 Å². The molecule has 0 aliphatic rings. The minimum Gasteiger partial charge on any atom is -0.354 e. The van der Waals surface area contributed by atoms with Crippen LogP contribution in [0.15, 0.2) is 31.0 Å². The van der Waals surface area contributed by atoms with E-state index in [2.05, 4.69) is 10.3 Å². The summed E-state index contributed by atoms with van der Waals surface area (Å²) in [5.74, 6) is -0.00117. The Hall–Kier alpha value is -2.04. The maximum absolute atomic E-state index is 11.9. The third-order valence-electron chi connectivity index (χ3n) is 3.07. The Balaban J connectivity index is 1.77. The predicted octanol–water partition coefficient (Wildman–Crippen LogP) is 1.35. The lowest BCUT2D eigenvalue weighted by molar-refractivity contribution is 0.0952. The number of aryl methyl sites for hydroxylation is 2. The number of carbonyl (C=O) groups excluding carboxylic acids is 1. The summed E-state index contributed by atoms with van der Waals surface area (Å²) >= 11 is 0. The minimum atomic E-state index is -0.00117. The van der Waals surface area contributed by atoms with E-state index in [1.807, 2.05) is 41.6 Å². The molecule has 96 valence electrons. The summed E-state index contributed by atoms with van der Waals surface area (Å²) in [5, 5.41) is 2.93. The van der Waals surface area contributed by atoms with Crippen LogP contribution in [0.25, 0.3) is 0 Å². The lowest BCUT2D eigenvalue weighted by Gasteiger charge is -2.06. The molecule has 2 aromatic heterocycles. The van der Waals surface area contributed by atoms with E-state index in [-0.39, 0.29) is 5.91 Å². The monoisotopic (exact) mass is 246 g/mol. The van der Waals surface area contributed by atoms with E-state index >= 15 is 0 Å². The summed E-state index contributed by atoms with van der Waals surface area (Å²) < 4.78 is 3.94. The Bertz CT molecular complexity index is 513. The maximum atomic E-state index is 11.9. The van der Waals surface area contributed by atoms with Crippen LogP contribution in [0.2, 0.25) is 0 Å². The average Bonchev–Trinajstić information content (AvgIpc) is 2.97. The number of hydrogen-bond acceptors (Lipinski definition) is 2. The highest BCUT2D eigenvalue weighted by Gasteiger charge is 2.10. The fraction of sp³-hybridized carbons (Fsp3) is 0.385. The molecule has 18 heavy (non-hydrogen) atoms. The van der Waals surface area contributed by atoms with Crippen molar-refractivity contribution in [2.75, 3.05) is 6.54 Å². The molecule has 2 rings (SSSR count). The first-order chi connectivity index (χ1) is 8.68. The molecular formula is C13H18N4O. The molecule has 2 aromatic rings. The zero-order valence-corrected chi connectivity index (χ0v) is 10.8. The molecular weight excluding hydrogens is 228 g/mol. The zero-order chi connectivity index (χ0) is 13.0. The molecule has 2 heterocycles. The van der Waals surface area contributed by atoms with Crippen molar-refractivity contribution in [2.45, 2.75) is 19.9 Å². The molecule has 5 heteroatoms. The first kappa shape index (κ1) is 12.4. The van der Waals surface area contributed by atoms with Crippen molar-refractivity contribution in [1.29, 1.82) is 0 Å².